The maximum absolute atomic E-state index is 13.4. The highest BCUT2D eigenvalue weighted by molar-refractivity contribution is 7.89. The van der Waals surface area contributed by atoms with E-state index in [2.05, 4.69) is 0 Å². The van der Waals surface area contributed by atoms with Crippen LogP contribution in [-0.4, -0.2) is 38.6 Å². The molecule has 0 atom stereocenters. The number of hydrogen-bond donors (Lipinski definition) is 2. The van der Waals surface area contributed by atoms with Crippen molar-refractivity contribution in [2.45, 2.75) is 4.90 Å². The average molecular weight is 280 g/mol. The molecule has 0 saturated heterocycles. The largest absolute Gasteiger partial charge is 0.478 e. The van der Waals surface area contributed by atoms with Crippen molar-refractivity contribution in [2.24, 2.45) is 0 Å². The zero-order chi connectivity index (χ0) is 14.1. The molecule has 0 aromatic heterocycles. The Bertz CT molecular complexity index is 586. The Hall–Kier alpha value is -1.58. The maximum atomic E-state index is 13.4. The molecule has 1 aromatic carbocycles. The number of rotatable bonds is 4. The van der Waals surface area contributed by atoms with Gasteiger partial charge in [-0.25, -0.2) is 27.0 Å². The number of halogens is 2. The summed E-state index contributed by atoms with van der Waals surface area (Å²) in [6.07, 6.45) is 0. The fourth-order valence-electron chi connectivity index (χ4n) is 1.17. The second kappa shape index (κ2) is 4.96. The van der Waals surface area contributed by atoms with Gasteiger partial charge in [-0.2, -0.15) is 0 Å². The molecule has 0 spiro atoms. The SMILES string of the molecule is CN(C)NS(=O)(=O)c1cc(C(=O)O)cc(F)c1F. The third-order valence-corrected chi connectivity index (χ3v) is 3.32. The fraction of sp³-hybridized carbons (Fsp3) is 0.222. The van der Waals surface area contributed by atoms with Crippen LogP contribution < -0.4 is 4.83 Å². The van der Waals surface area contributed by atoms with Gasteiger partial charge < -0.3 is 5.11 Å². The minimum absolute atomic E-state index is 0.409. The van der Waals surface area contributed by atoms with E-state index in [0.29, 0.717) is 12.1 Å². The van der Waals surface area contributed by atoms with E-state index in [1.165, 1.54) is 14.1 Å². The molecule has 6 nitrogen and oxygen atoms in total. The Kier molecular flexibility index (Phi) is 3.99. The van der Waals surface area contributed by atoms with Gasteiger partial charge >= 0.3 is 5.97 Å². The van der Waals surface area contributed by atoms with Gasteiger partial charge in [-0.15, -0.1) is 4.83 Å². The first-order chi connectivity index (χ1) is 8.15. The number of hydrazine groups is 1. The lowest BCUT2D eigenvalue weighted by atomic mass is 10.2. The highest BCUT2D eigenvalue weighted by Gasteiger charge is 2.25. The summed E-state index contributed by atoms with van der Waals surface area (Å²) in [5.74, 6) is -4.74. The zero-order valence-corrected chi connectivity index (χ0v) is 10.3. The molecule has 0 heterocycles. The molecule has 0 radical (unpaired) electrons. The Morgan fingerprint density at radius 3 is 2.33 bits per heavy atom. The molecular weight excluding hydrogens is 270 g/mol. The Balaban J connectivity index is 3.45. The minimum atomic E-state index is -4.37. The van der Waals surface area contributed by atoms with Crippen LogP contribution in [0.4, 0.5) is 8.78 Å². The molecule has 1 aromatic rings. The van der Waals surface area contributed by atoms with E-state index in [-0.39, 0.29) is 0 Å². The number of sulfonamides is 1. The quantitative estimate of drug-likeness (QED) is 0.780. The van der Waals surface area contributed by atoms with Gasteiger partial charge in [-0.05, 0) is 12.1 Å². The fourth-order valence-corrected chi connectivity index (χ4v) is 2.37. The number of benzene rings is 1. The smallest absolute Gasteiger partial charge is 0.335 e. The van der Waals surface area contributed by atoms with Crippen molar-refractivity contribution in [1.29, 1.82) is 0 Å². The van der Waals surface area contributed by atoms with Crippen molar-refractivity contribution < 1.29 is 27.1 Å². The number of carboxylic acid groups (broad SMARTS) is 1. The predicted octanol–water partition coefficient (Wildman–Crippen LogP) is 0.418. The summed E-state index contributed by atoms with van der Waals surface area (Å²) in [4.78, 5) is 11.5. The molecule has 0 bridgehead atoms. The predicted molar refractivity (Wildman–Crippen MR) is 57.3 cm³/mol. The summed E-state index contributed by atoms with van der Waals surface area (Å²) in [7, 11) is -1.72. The van der Waals surface area contributed by atoms with E-state index in [0.717, 1.165) is 5.01 Å². The van der Waals surface area contributed by atoms with Crippen LogP contribution in [0.15, 0.2) is 17.0 Å². The van der Waals surface area contributed by atoms with Crippen LogP contribution >= 0.6 is 0 Å². The summed E-state index contributed by atoms with van der Waals surface area (Å²) >= 11 is 0. The van der Waals surface area contributed by atoms with E-state index in [9.17, 15) is 22.0 Å². The average Bonchev–Trinajstić information content (AvgIpc) is 2.19. The molecule has 0 saturated carbocycles. The van der Waals surface area contributed by atoms with Crippen molar-refractivity contribution >= 4 is 16.0 Å². The molecule has 18 heavy (non-hydrogen) atoms. The van der Waals surface area contributed by atoms with Crippen LogP contribution in [0, 0.1) is 11.6 Å². The van der Waals surface area contributed by atoms with Gasteiger partial charge in [-0.3, -0.25) is 0 Å². The third-order valence-electron chi connectivity index (χ3n) is 1.83. The van der Waals surface area contributed by atoms with Gasteiger partial charge in [-0.1, -0.05) is 0 Å². The monoisotopic (exact) mass is 280 g/mol. The van der Waals surface area contributed by atoms with E-state index in [1.807, 2.05) is 4.83 Å². The topological polar surface area (TPSA) is 86.7 Å². The number of carbonyl (C=O) groups is 1. The molecule has 0 aliphatic rings. The van der Waals surface area contributed by atoms with E-state index in [1.54, 1.807) is 0 Å². The standard InChI is InChI=1S/C9H10F2N2O4S/c1-13(2)12-18(16,17)7-4-5(9(14)15)3-6(10)8(7)11/h3-4,12H,1-2H3,(H,14,15). The molecule has 0 aliphatic carbocycles. The highest BCUT2D eigenvalue weighted by atomic mass is 32.2. The Morgan fingerprint density at radius 2 is 1.89 bits per heavy atom. The van der Waals surface area contributed by atoms with E-state index >= 15 is 0 Å². The van der Waals surface area contributed by atoms with Gasteiger partial charge in [0, 0.05) is 14.1 Å². The van der Waals surface area contributed by atoms with Crippen LogP contribution in [0.5, 0.6) is 0 Å². The van der Waals surface area contributed by atoms with E-state index in [4.69, 9.17) is 5.11 Å². The van der Waals surface area contributed by atoms with Crippen molar-refractivity contribution in [1.82, 2.24) is 9.84 Å². The second-order valence-corrected chi connectivity index (χ2v) is 5.19. The van der Waals surface area contributed by atoms with Crippen molar-refractivity contribution in [3.8, 4) is 0 Å². The normalized spacial score (nSPS) is 11.8. The lowest BCUT2D eigenvalue weighted by Crippen LogP contribution is -2.36. The van der Waals surface area contributed by atoms with Crippen LogP contribution in [0.3, 0.4) is 0 Å². The lowest BCUT2D eigenvalue weighted by molar-refractivity contribution is 0.0696. The molecule has 0 fully saturated rings. The van der Waals surface area contributed by atoms with Crippen LogP contribution in [0.2, 0.25) is 0 Å². The molecule has 9 heteroatoms. The first-order valence-corrected chi connectivity index (χ1v) is 6.05. The first-order valence-electron chi connectivity index (χ1n) is 4.57. The summed E-state index contributed by atoms with van der Waals surface area (Å²) in [6, 6.07) is 0.957. The number of nitrogens with one attached hydrogen (secondary N) is 1. The number of aromatic carboxylic acids is 1. The molecule has 0 aliphatic heterocycles. The second-order valence-electron chi connectivity index (χ2n) is 3.56. The van der Waals surface area contributed by atoms with Gasteiger partial charge in [0.05, 0.1) is 5.56 Å². The van der Waals surface area contributed by atoms with Crippen LogP contribution in [-0.2, 0) is 10.0 Å². The Labute approximate surface area is 102 Å². The molecule has 0 unspecified atom stereocenters. The lowest BCUT2D eigenvalue weighted by Gasteiger charge is -2.13. The highest BCUT2D eigenvalue weighted by Crippen LogP contribution is 2.19. The first kappa shape index (κ1) is 14.5. The van der Waals surface area contributed by atoms with Gasteiger partial charge in [0.25, 0.3) is 10.0 Å². The molecular formula is C9H10F2N2O4S. The summed E-state index contributed by atoms with van der Waals surface area (Å²) in [5.41, 5.74) is -0.659. The van der Waals surface area contributed by atoms with Gasteiger partial charge in [0.15, 0.2) is 11.6 Å². The van der Waals surface area contributed by atoms with Gasteiger partial charge in [0.1, 0.15) is 4.90 Å². The molecule has 2 N–H and O–H groups in total. The Morgan fingerprint density at radius 1 is 1.33 bits per heavy atom. The van der Waals surface area contributed by atoms with Crippen LogP contribution in [0.25, 0.3) is 0 Å². The number of hydrogen-bond acceptors (Lipinski definition) is 4. The number of carboxylic acids is 1. The summed E-state index contributed by atoms with van der Waals surface area (Å²) in [6.45, 7) is 0. The van der Waals surface area contributed by atoms with Crippen LogP contribution in [0.1, 0.15) is 10.4 Å². The maximum Gasteiger partial charge on any atom is 0.335 e. The van der Waals surface area contributed by atoms with Gasteiger partial charge in [0.2, 0.25) is 0 Å². The minimum Gasteiger partial charge on any atom is -0.478 e. The molecule has 100 valence electrons. The molecule has 1 rings (SSSR count). The molecule has 0 amide bonds. The van der Waals surface area contributed by atoms with Crippen molar-refractivity contribution in [3.05, 3.63) is 29.3 Å². The van der Waals surface area contributed by atoms with E-state index < -0.39 is 38.1 Å². The zero-order valence-electron chi connectivity index (χ0n) is 9.44. The summed E-state index contributed by atoms with van der Waals surface area (Å²) < 4.78 is 49.8. The third kappa shape index (κ3) is 3.00. The van der Waals surface area contributed by atoms with Crippen molar-refractivity contribution in [2.75, 3.05) is 14.1 Å². The number of nitrogens with zero attached hydrogens (tertiary/aromatic N) is 1. The summed E-state index contributed by atoms with van der Waals surface area (Å²) in [5, 5.41) is 9.66. The van der Waals surface area contributed by atoms with Crippen molar-refractivity contribution in [3.63, 3.8) is 0 Å².